The normalized spacial score (nSPS) is 16.1. The number of allylic oxidation sites excluding steroid dienone is 1. The molecule has 0 aliphatic carbocycles. The number of ether oxygens (including phenoxy) is 4. The molecule has 0 unspecified atom stereocenters. The van der Waals surface area contributed by atoms with Crippen LogP contribution in [0.1, 0.15) is 51.1 Å². The number of hydrogen-bond donors (Lipinski definition) is 3. The fraction of sp³-hybridized carbons (Fsp3) is 0.182. The van der Waals surface area contributed by atoms with Crippen molar-refractivity contribution in [3.63, 3.8) is 0 Å². The van der Waals surface area contributed by atoms with Gasteiger partial charge in [0.1, 0.15) is 34.7 Å². The van der Waals surface area contributed by atoms with Crippen LogP contribution in [0.2, 0.25) is 0 Å². The minimum absolute atomic E-state index is 0.0219. The summed E-state index contributed by atoms with van der Waals surface area (Å²) in [7, 11) is 4.21. The van der Waals surface area contributed by atoms with E-state index in [9.17, 15) is 20.1 Å². The van der Waals surface area contributed by atoms with Crippen LogP contribution >= 0.6 is 0 Å². The molecule has 8 nitrogen and oxygen atoms in total. The van der Waals surface area contributed by atoms with E-state index >= 15 is 0 Å². The number of benzene rings is 4. The van der Waals surface area contributed by atoms with Gasteiger partial charge >= 0.3 is 0 Å². The molecular weight excluding hydrogens is 524 g/mol. The predicted octanol–water partition coefficient (Wildman–Crippen LogP) is 6.38. The van der Waals surface area contributed by atoms with Crippen molar-refractivity contribution in [3.8, 4) is 40.2 Å². The molecule has 1 aliphatic rings. The van der Waals surface area contributed by atoms with Crippen LogP contribution in [0.5, 0.6) is 40.2 Å². The highest BCUT2D eigenvalue weighted by molar-refractivity contribution is 6.11. The second kappa shape index (κ2) is 11.6. The van der Waals surface area contributed by atoms with Gasteiger partial charge in [-0.3, -0.25) is 4.79 Å². The fourth-order valence-corrected chi connectivity index (χ4v) is 5.30. The molecule has 2 atom stereocenters. The number of ketones is 1. The molecule has 4 aromatic rings. The molecule has 4 aromatic carbocycles. The minimum atomic E-state index is -0.732. The number of aromatic hydroxyl groups is 3. The van der Waals surface area contributed by atoms with Crippen LogP contribution in [-0.2, 0) is 0 Å². The van der Waals surface area contributed by atoms with Gasteiger partial charge in [-0.15, -0.1) is 0 Å². The molecular formula is C33H30O8. The van der Waals surface area contributed by atoms with Crippen LogP contribution in [0, 0.1) is 0 Å². The Bertz CT molecular complexity index is 1600. The molecule has 0 saturated heterocycles. The lowest BCUT2D eigenvalue weighted by Crippen LogP contribution is -2.22. The zero-order chi connectivity index (χ0) is 29.1. The van der Waals surface area contributed by atoms with Gasteiger partial charge in [0, 0.05) is 35.6 Å². The van der Waals surface area contributed by atoms with Gasteiger partial charge in [-0.25, -0.2) is 0 Å². The zero-order valence-corrected chi connectivity index (χ0v) is 22.8. The Morgan fingerprint density at radius 3 is 2.10 bits per heavy atom. The van der Waals surface area contributed by atoms with Crippen LogP contribution in [0.15, 0.2) is 78.9 Å². The van der Waals surface area contributed by atoms with Gasteiger partial charge in [0.2, 0.25) is 5.75 Å². The lowest BCUT2D eigenvalue weighted by Gasteiger charge is -2.35. The van der Waals surface area contributed by atoms with Gasteiger partial charge in [0.05, 0.1) is 21.3 Å². The van der Waals surface area contributed by atoms with Crippen molar-refractivity contribution in [3.05, 3.63) is 107 Å². The summed E-state index contributed by atoms with van der Waals surface area (Å²) >= 11 is 0. The monoisotopic (exact) mass is 554 g/mol. The van der Waals surface area contributed by atoms with E-state index in [0.29, 0.717) is 5.56 Å². The number of methoxy groups -OCH3 is 3. The first kappa shape index (κ1) is 27.5. The van der Waals surface area contributed by atoms with E-state index in [1.807, 2.05) is 60.7 Å². The summed E-state index contributed by atoms with van der Waals surface area (Å²) in [6.45, 7) is 0. The Labute approximate surface area is 237 Å². The minimum Gasteiger partial charge on any atom is -0.507 e. The van der Waals surface area contributed by atoms with Crippen molar-refractivity contribution < 1.29 is 39.1 Å². The fourth-order valence-electron chi connectivity index (χ4n) is 5.30. The molecule has 5 rings (SSSR count). The molecule has 8 heteroatoms. The van der Waals surface area contributed by atoms with Crippen LogP contribution in [0.4, 0.5) is 0 Å². The molecule has 1 heterocycles. The summed E-state index contributed by atoms with van der Waals surface area (Å²) in [5, 5.41) is 33.6. The number of carbonyl (C=O) groups is 1. The van der Waals surface area contributed by atoms with E-state index in [1.165, 1.54) is 39.5 Å². The van der Waals surface area contributed by atoms with E-state index < -0.39 is 23.6 Å². The average Bonchev–Trinajstić information content (AvgIpc) is 2.99. The Morgan fingerprint density at radius 1 is 0.829 bits per heavy atom. The largest absolute Gasteiger partial charge is 0.507 e. The molecule has 0 saturated carbocycles. The van der Waals surface area contributed by atoms with Crippen molar-refractivity contribution in [2.75, 3.05) is 21.3 Å². The summed E-state index contributed by atoms with van der Waals surface area (Å²) < 4.78 is 22.9. The van der Waals surface area contributed by atoms with E-state index in [4.69, 9.17) is 18.9 Å². The quantitative estimate of drug-likeness (QED) is 0.170. The maximum atomic E-state index is 13.5. The molecule has 0 aromatic heterocycles. The number of hydrogen-bond acceptors (Lipinski definition) is 8. The highest BCUT2D eigenvalue weighted by Crippen LogP contribution is 2.58. The van der Waals surface area contributed by atoms with Crippen molar-refractivity contribution in [1.82, 2.24) is 0 Å². The molecule has 0 bridgehead atoms. The molecule has 210 valence electrons. The van der Waals surface area contributed by atoms with Gasteiger partial charge in [-0.2, -0.15) is 0 Å². The predicted molar refractivity (Wildman–Crippen MR) is 154 cm³/mol. The average molecular weight is 555 g/mol. The molecule has 0 amide bonds. The second-order valence-corrected chi connectivity index (χ2v) is 9.52. The number of carbonyl (C=O) groups excluding carboxylic acids is 1. The molecule has 1 aliphatic heterocycles. The Hall–Kier alpha value is -5.11. The number of rotatable bonds is 8. The first-order valence-electron chi connectivity index (χ1n) is 13.0. The first-order valence-corrected chi connectivity index (χ1v) is 13.0. The summed E-state index contributed by atoms with van der Waals surface area (Å²) in [5.41, 5.74) is 2.09. The van der Waals surface area contributed by atoms with E-state index in [2.05, 4.69) is 0 Å². The smallest absolute Gasteiger partial charge is 0.203 e. The summed E-state index contributed by atoms with van der Waals surface area (Å²) in [5.74, 6) is -1.56. The topological polar surface area (TPSA) is 115 Å². The summed E-state index contributed by atoms with van der Waals surface area (Å²) in [4.78, 5) is 13.5. The SMILES string of the molecule is COc1cc(O)c([C@H]2C[C@H](c3ccccc3)Oc3c(OC)c(O)cc(OC)c32)c(O)c1C(=O)C=Cc1ccccc1. The van der Waals surface area contributed by atoms with Crippen LogP contribution in [-0.4, -0.2) is 42.4 Å². The number of fused-ring (bicyclic) bond motifs is 1. The maximum absolute atomic E-state index is 13.5. The van der Waals surface area contributed by atoms with E-state index in [0.717, 1.165) is 11.1 Å². The van der Waals surface area contributed by atoms with Gasteiger partial charge < -0.3 is 34.3 Å². The Balaban J connectivity index is 1.71. The molecule has 0 radical (unpaired) electrons. The highest BCUT2D eigenvalue weighted by Gasteiger charge is 2.40. The standard InChI is InChI=1S/C33H30O8/c1-38-26-18-24(36)32(40-3)33-29(26)21(16-25(41-33)20-12-8-5-9-13-20)28-23(35)17-27(39-2)30(31(28)37)22(34)15-14-19-10-6-4-7-11-19/h4-15,17-18,21,25,35-37H,16H2,1-3H3/t21-,25-/m1/s1. The van der Waals surface area contributed by atoms with Crippen LogP contribution in [0.3, 0.4) is 0 Å². The number of phenolic OH excluding ortho intramolecular Hbond substituents is 3. The maximum Gasteiger partial charge on any atom is 0.203 e. The van der Waals surface area contributed by atoms with Gasteiger partial charge in [0.15, 0.2) is 17.3 Å². The molecule has 41 heavy (non-hydrogen) atoms. The van der Waals surface area contributed by atoms with E-state index in [-0.39, 0.29) is 52.0 Å². The number of phenols is 3. The lowest BCUT2D eigenvalue weighted by molar-refractivity contribution is 0.104. The van der Waals surface area contributed by atoms with Crippen molar-refractivity contribution in [1.29, 1.82) is 0 Å². The second-order valence-electron chi connectivity index (χ2n) is 9.52. The third-order valence-electron chi connectivity index (χ3n) is 7.19. The lowest BCUT2D eigenvalue weighted by atomic mass is 9.80. The zero-order valence-electron chi connectivity index (χ0n) is 22.8. The van der Waals surface area contributed by atoms with Crippen molar-refractivity contribution in [2.45, 2.75) is 18.4 Å². The molecule has 0 spiro atoms. The first-order chi connectivity index (χ1) is 19.9. The van der Waals surface area contributed by atoms with Gasteiger partial charge in [-0.1, -0.05) is 66.7 Å². The third kappa shape index (κ3) is 5.12. The third-order valence-corrected chi connectivity index (χ3v) is 7.19. The highest BCUT2D eigenvalue weighted by atomic mass is 16.5. The van der Waals surface area contributed by atoms with Gasteiger partial charge in [-0.05, 0) is 17.2 Å². The van der Waals surface area contributed by atoms with Crippen LogP contribution < -0.4 is 18.9 Å². The Morgan fingerprint density at radius 2 is 1.46 bits per heavy atom. The van der Waals surface area contributed by atoms with Gasteiger partial charge in [0.25, 0.3) is 0 Å². The van der Waals surface area contributed by atoms with Crippen molar-refractivity contribution >= 4 is 11.9 Å². The van der Waals surface area contributed by atoms with E-state index in [1.54, 1.807) is 6.08 Å². The Kier molecular flexibility index (Phi) is 7.74. The molecule has 0 fully saturated rings. The molecule has 3 N–H and O–H groups in total. The van der Waals surface area contributed by atoms with Crippen molar-refractivity contribution in [2.24, 2.45) is 0 Å². The summed E-state index contributed by atoms with van der Waals surface area (Å²) in [6, 6.07) is 21.4. The summed E-state index contributed by atoms with van der Waals surface area (Å²) in [6.07, 6.45) is 2.70. The van der Waals surface area contributed by atoms with Crippen LogP contribution in [0.25, 0.3) is 6.08 Å².